The fraction of sp³-hybridized carbons (Fsp3) is 0.333. The van der Waals surface area contributed by atoms with E-state index in [1.165, 1.54) is 22.3 Å². The topological polar surface area (TPSA) is 12.0 Å². The molecular formula is C24H31N. The van der Waals surface area contributed by atoms with Crippen molar-refractivity contribution in [3.8, 4) is 0 Å². The van der Waals surface area contributed by atoms with Gasteiger partial charge in [0.05, 0.1) is 0 Å². The molecule has 2 aromatic carbocycles. The average molecular weight is 334 g/mol. The molecule has 1 unspecified atom stereocenters. The monoisotopic (exact) mass is 333 g/mol. The fourth-order valence-electron chi connectivity index (χ4n) is 2.87. The van der Waals surface area contributed by atoms with Crippen molar-refractivity contribution in [1.29, 1.82) is 0 Å². The van der Waals surface area contributed by atoms with E-state index in [2.05, 4.69) is 98.9 Å². The lowest BCUT2D eigenvalue weighted by atomic mass is 10.0. The predicted octanol–water partition coefficient (Wildman–Crippen LogP) is 6.60. The lowest BCUT2D eigenvalue weighted by molar-refractivity contribution is 0.537. The van der Waals surface area contributed by atoms with Crippen LogP contribution in [0, 0.1) is 0 Å². The Hall–Kier alpha value is -2.12. The maximum atomic E-state index is 3.73. The van der Waals surface area contributed by atoms with E-state index in [-0.39, 0.29) is 0 Å². The van der Waals surface area contributed by atoms with Crippen LogP contribution in [0.15, 0.2) is 84.0 Å². The first-order valence-corrected chi connectivity index (χ1v) is 9.26. The van der Waals surface area contributed by atoms with Crippen molar-refractivity contribution >= 4 is 0 Å². The summed E-state index contributed by atoms with van der Waals surface area (Å²) < 4.78 is 0. The van der Waals surface area contributed by atoms with Gasteiger partial charge in [0.15, 0.2) is 0 Å². The zero-order valence-corrected chi connectivity index (χ0v) is 15.8. The van der Waals surface area contributed by atoms with Gasteiger partial charge in [-0.15, -0.1) is 0 Å². The van der Waals surface area contributed by atoms with Gasteiger partial charge in [0, 0.05) is 12.6 Å². The van der Waals surface area contributed by atoms with Gasteiger partial charge in [-0.1, -0.05) is 84.0 Å². The first-order chi connectivity index (χ1) is 12.1. The van der Waals surface area contributed by atoms with Crippen molar-refractivity contribution in [2.75, 3.05) is 0 Å². The number of hydrogen-bond donors (Lipinski definition) is 1. The van der Waals surface area contributed by atoms with Gasteiger partial charge in [-0.2, -0.15) is 0 Å². The largest absolute Gasteiger partial charge is 0.306 e. The van der Waals surface area contributed by atoms with Gasteiger partial charge in [0.2, 0.25) is 0 Å². The SMILES string of the molecule is CC(C)=CCC/C(C)=C/CC(NCc1ccccc1)c1ccccc1. The van der Waals surface area contributed by atoms with Gasteiger partial charge in [-0.05, 0) is 51.2 Å². The molecule has 0 heterocycles. The fourth-order valence-corrected chi connectivity index (χ4v) is 2.87. The summed E-state index contributed by atoms with van der Waals surface area (Å²) in [6.07, 6.45) is 8.02. The molecule has 0 amide bonds. The molecule has 0 radical (unpaired) electrons. The Morgan fingerprint density at radius 3 is 2.16 bits per heavy atom. The van der Waals surface area contributed by atoms with Crippen LogP contribution < -0.4 is 5.32 Å². The second kappa shape index (κ2) is 10.7. The summed E-state index contributed by atoms with van der Waals surface area (Å²) in [5, 5.41) is 3.73. The molecular weight excluding hydrogens is 302 g/mol. The van der Waals surface area contributed by atoms with E-state index >= 15 is 0 Å². The van der Waals surface area contributed by atoms with Gasteiger partial charge in [0.25, 0.3) is 0 Å². The van der Waals surface area contributed by atoms with E-state index in [0.29, 0.717) is 6.04 Å². The van der Waals surface area contributed by atoms with Gasteiger partial charge >= 0.3 is 0 Å². The third-order valence-corrected chi connectivity index (χ3v) is 4.39. The molecule has 1 N–H and O–H groups in total. The number of allylic oxidation sites excluding steroid dienone is 3. The Bertz CT molecular complexity index is 664. The number of rotatable bonds is 9. The summed E-state index contributed by atoms with van der Waals surface area (Å²) in [5.41, 5.74) is 5.55. The normalized spacial score (nSPS) is 12.7. The maximum Gasteiger partial charge on any atom is 0.0357 e. The Labute approximate surface area is 153 Å². The van der Waals surface area contributed by atoms with Crippen molar-refractivity contribution in [2.24, 2.45) is 0 Å². The van der Waals surface area contributed by atoms with Crippen molar-refractivity contribution in [3.63, 3.8) is 0 Å². The van der Waals surface area contributed by atoms with Crippen LogP contribution in [0.2, 0.25) is 0 Å². The van der Waals surface area contributed by atoms with E-state index in [4.69, 9.17) is 0 Å². The van der Waals surface area contributed by atoms with Gasteiger partial charge < -0.3 is 5.32 Å². The average Bonchev–Trinajstić information content (AvgIpc) is 2.63. The van der Waals surface area contributed by atoms with Crippen LogP contribution in [0.5, 0.6) is 0 Å². The molecule has 0 bridgehead atoms. The molecule has 0 aromatic heterocycles. The van der Waals surface area contributed by atoms with E-state index < -0.39 is 0 Å². The van der Waals surface area contributed by atoms with Crippen molar-refractivity contribution in [2.45, 2.75) is 52.6 Å². The van der Waals surface area contributed by atoms with Crippen LogP contribution >= 0.6 is 0 Å². The maximum absolute atomic E-state index is 3.73. The van der Waals surface area contributed by atoms with Gasteiger partial charge in [0.1, 0.15) is 0 Å². The molecule has 132 valence electrons. The third kappa shape index (κ3) is 7.53. The Morgan fingerprint density at radius 1 is 0.880 bits per heavy atom. The second-order valence-corrected chi connectivity index (χ2v) is 6.94. The lowest BCUT2D eigenvalue weighted by Gasteiger charge is -2.18. The molecule has 0 aliphatic heterocycles. The van der Waals surface area contributed by atoms with E-state index in [1.54, 1.807) is 0 Å². The summed E-state index contributed by atoms with van der Waals surface area (Å²) in [6, 6.07) is 21.7. The van der Waals surface area contributed by atoms with Gasteiger partial charge in [-0.3, -0.25) is 0 Å². The van der Waals surface area contributed by atoms with Crippen molar-refractivity contribution < 1.29 is 0 Å². The Balaban J connectivity index is 1.98. The number of nitrogens with one attached hydrogen (secondary N) is 1. The summed E-state index contributed by atoms with van der Waals surface area (Å²) in [6.45, 7) is 7.47. The molecule has 0 spiro atoms. The highest BCUT2D eigenvalue weighted by molar-refractivity contribution is 5.21. The Morgan fingerprint density at radius 2 is 1.52 bits per heavy atom. The van der Waals surface area contributed by atoms with E-state index in [1.807, 2.05) is 0 Å². The quantitative estimate of drug-likeness (QED) is 0.510. The van der Waals surface area contributed by atoms with E-state index in [9.17, 15) is 0 Å². The molecule has 0 saturated heterocycles. The smallest absolute Gasteiger partial charge is 0.0357 e. The molecule has 0 aliphatic rings. The highest BCUT2D eigenvalue weighted by atomic mass is 14.9. The summed E-state index contributed by atoms with van der Waals surface area (Å²) in [4.78, 5) is 0. The summed E-state index contributed by atoms with van der Waals surface area (Å²) >= 11 is 0. The van der Waals surface area contributed by atoms with E-state index in [0.717, 1.165) is 25.8 Å². The predicted molar refractivity (Wildman–Crippen MR) is 110 cm³/mol. The second-order valence-electron chi connectivity index (χ2n) is 6.94. The van der Waals surface area contributed by atoms with Gasteiger partial charge in [-0.25, -0.2) is 0 Å². The van der Waals surface area contributed by atoms with Crippen LogP contribution in [0.3, 0.4) is 0 Å². The molecule has 1 atom stereocenters. The van der Waals surface area contributed by atoms with Crippen LogP contribution in [-0.2, 0) is 6.54 Å². The summed E-state index contributed by atoms with van der Waals surface area (Å²) in [7, 11) is 0. The molecule has 1 nitrogen and oxygen atoms in total. The molecule has 25 heavy (non-hydrogen) atoms. The zero-order chi connectivity index (χ0) is 17.9. The van der Waals surface area contributed by atoms with Crippen molar-refractivity contribution in [1.82, 2.24) is 5.32 Å². The zero-order valence-electron chi connectivity index (χ0n) is 15.8. The first kappa shape index (κ1) is 19.2. The minimum absolute atomic E-state index is 0.347. The van der Waals surface area contributed by atoms with Crippen LogP contribution in [0.1, 0.15) is 57.2 Å². The lowest BCUT2D eigenvalue weighted by Crippen LogP contribution is -2.20. The number of hydrogen-bond acceptors (Lipinski definition) is 1. The molecule has 2 rings (SSSR count). The highest BCUT2D eigenvalue weighted by Gasteiger charge is 2.09. The molecule has 0 fully saturated rings. The van der Waals surface area contributed by atoms with Crippen molar-refractivity contribution in [3.05, 3.63) is 95.1 Å². The molecule has 2 aromatic rings. The molecule has 0 aliphatic carbocycles. The highest BCUT2D eigenvalue weighted by Crippen LogP contribution is 2.20. The van der Waals surface area contributed by atoms with Crippen LogP contribution in [0.25, 0.3) is 0 Å². The molecule has 0 saturated carbocycles. The minimum Gasteiger partial charge on any atom is -0.306 e. The minimum atomic E-state index is 0.347. The first-order valence-electron chi connectivity index (χ1n) is 9.26. The molecule has 1 heteroatoms. The Kier molecular flexibility index (Phi) is 8.21. The van der Waals surface area contributed by atoms with Crippen LogP contribution in [-0.4, -0.2) is 0 Å². The van der Waals surface area contributed by atoms with Crippen LogP contribution in [0.4, 0.5) is 0 Å². The standard InChI is InChI=1S/C24H31N/c1-20(2)11-10-12-21(3)17-18-24(23-15-8-5-9-16-23)25-19-22-13-6-4-7-14-22/h4-9,11,13-17,24-25H,10,12,18-19H2,1-3H3/b21-17+. The number of benzene rings is 2. The summed E-state index contributed by atoms with van der Waals surface area (Å²) in [5.74, 6) is 0. The third-order valence-electron chi connectivity index (χ3n) is 4.39.